The molecule has 152 valence electrons. The normalized spacial score (nSPS) is 31.5. The highest BCUT2D eigenvalue weighted by atomic mass is 19.1. The lowest BCUT2D eigenvalue weighted by Crippen LogP contribution is -2.47. The largest absolute Gasteiger partial charge is 0.446 e. The van der Waals surface area contributed by atoms with E-state index in [4.69, 9.17) is 15.2 Å². The molecule has 2 aliphatic heterocycles. The number of piperidine rings is 1. The molecule has 0 aromatic heterocycles. The number of fused-ring (bicyclic) bond motifs is 1. The Kier molecular flexibility index (Phi) is 4.49. The fourth-order valence-corrected chi connectivity index (χ4v) is 4.85. The van der Waals surface area contributed by atoms with E-state index in [0.29, 0.717) is 23.1 Å². The predicted molar refractivity (Wildman–Crippen MR) is 101 cm³/mol. The second kappa shape index (κ2) is 6.62. The minimum atomic E-state index is -0.929. The first-order valence-corrected chi connectivity index (χ1v) is 9.60. The molecule has 2 amide bonds. The van der Waals surface area contributed by atoms with Gasteiger partial charge in [-0.3, -0.25) is 4.90 Å². The predicted octanol–water partition coefficient (Wildman–Crippen LogP) is 2.59. The van der Waals surface area contributed by atoms with Crippen molar-refractivity contribution in [1.29, 1.82) is 0 Å². The molecule has 1 aromatic rings. The van der Waals surface area contributed by atoms with E-state index in [-0.39, 0.29) is 18.3 Å². The zero-order valence-corrected chi connectivity index (χ0v) is 16.3. The zero-order valence-electron chi connectivity index (χ0n) is 16.3. The van der Waals surface area contributed by atoms with Crippen molar-refractivity contribution in [2.75, 3.05) is 24.6 Å². The minimum absolute atomic E-state index is 0.140. The molecule has 1 saturated carbocycles. The summed E-state index contributed by atoms with van der Waals surface area (Å²) in [4.78, 5) is 25.0. The Balaban J connectivity index is 1.60. The number of rotatable bonds is 4. The number of primary amides is 1. The van der Waals surface area contributed by atoms with Crippen molar-refractivity contribution < 1.29 is 23.5 Å². The van der Waals surface area contributed by atoms with E-state index >= 15 is 0 Å². The molecule has 4 rings (SSSR count). The number of hydrogen-bond donors (Lipinski definition) is 2. The maximum Gasteiger partial charge on any atom is 0.415 e. The van der Waals surface area contributed by atoms with E-state index in [2.05, 4.69) is 5.32 Å². The van der Waals surface area contributed by atoms with E-state index in [1.165, 1.54) is 11.0 Å². The van der Waals surface area contributed by atoms with Crippen LogP contribution >= 0.6 is 0 Å². The summed E-state index contributed by atoms with van der Waals surface area (Å²) < 4.78 is 25.2. The Morgan fingerprint density at radius 2 is 2.04 bits per heavy atom. The molecular weight excluding hydrogens is 365 g/mol. The monoisotopic (exact) mass is 391 g/mol. The van der Waals surface area contributed by atoms with E-state index in [9.17, 15) is 14.0 Å². The Labute approximate surface area is 163 Å². The van der Waals surface area contributed by atoms with Gasteiger partial charge in [0.2, 0.25) is 0 Å². The van der Waals surface area contributed by atoms with Crippen LogP contribution in [0.3, 0.4) is 0 Å². The van der Waals surface area contributed by atoms with Crippen LogP contribution < -0.4 is 16.0 Å². The molecule has 0 spiro atoms. The summed E-state index contributed by atoms with van der Waals surface area (Å²) in [6.07, 6.45) is -2.20. The number of carbonyl (C=O) groups excluding carboxylic acids is 2. The van der Waals surface area contributed by atoms with Crippen LogP contribution in [0.4, 0.5) is 19.7 Å². The van der Waals surface area contributed by atoms with Gasteiger partial charge < -0.3 is 20.5 Å². The molecule has 1 aliphatic carbocycles. The van der Waals surface area contributed by atoms with Crippen molar-refractivity contribution in [3.8, 4) is 0 Å². The van der Waals surface area contributed by atoms with Gasteiger partial charge in [0.1, 0.15) is 12.4 Å². The molecule has 28 heavy (non-hydrogen) atoms. The Morgan fingerprint density at radius 3 is 2.61 bits per heavy atom. The molecule has 8 heteroatoms. The smallest absolute Gasteiger partial charge is 0.415 e. The summed E-state index contributed by atoms with van der Waals surface area (Å²) in [6, 6.07) is 4.54. The van der Waals surface area contributed by atoms with Gasteiger partial charge in [0.25, 0.3) is 0 Å². The third-order valence-electron chi connectivity index (χ3n) is 6.07. The molecule has 2 unspecified atom stereocenters. The summed E-state index contributed by atoms with van der Waals surface area (Å²) >= 11 is 0. The topological polar surface area (TPSA) is 93.9 Å². The SMILES string of the molecule is CC(C)(C)C1[C@@H](COC(N)=O)OC(=O)N1c1ccc(C2[C@H]3CNC[C@@H]23)c(F)c1. The highest BCUT2D eigenvalue weighted by molar-refractivity contribution is 5.91. The number of hydrogen-bond acceptors (Lipinski definition) is 5. The van der Waals surface area contributed by atoms with Crippen molar-refractivity contribution in [1.82, 2.24) is 5.32 Å². The Hall–Kier alpha value is -2.35. The van der Waals surface area contributed by atoms with Crippen LogP contribution in [-0.2, 0) is 9.47 Å². The summed E-state index contributed by atoms with van der Waals surface area (Å²) in [7, 11) is 0. The van der Waals surface area contributed by atoms with Gasteiger partial charge in [-0.1, -0.05) is 26.8 Å². The van der Waals surface area contributed by atoms with Crippen molar-refractivity contribution >= 4 is 17.9 Å². The van der Waals surface area contributed by atoms with Crippen LogP contribution in [0.1, 0.15) is 32.3 Å². The number of nitrogens with zero attached hydrogens (tertiary/aromatic N) is 1. The molecule has 2 heterocycles. The van der Waals surface area contributed by atoms with E-state index in [1.807, 2.05) is 20.8 Å². The number of anilines is 1. The van der Waals surface area contributed by atoms with Crippen molar-refractivity contribution in [2.24, 2.45) is 23.0 Å². The summed E-state index contributed by atoms with van der Waals surface area (Å²) in [5.41, 5.74) is 5.81. The number of cyclic esters (lactones) is 1. The standard InChI is InChI=1S/C20H26FN3O4/c1-20(2,3)17-15(9-27-18(22)25)28-19(26)24(17)10-4-5-11(14(21)6-10)16-12-7-23-8-13(12)16/h4-6,12-13,15-17,23H,7-9H2,1-3H3,(H2,22,25)/t12-,13+,15-,16?,17?/m1/s1. The fourth-order valence-electron chi connectivity index (χ4n) is 4.85. The molecule has 3 N–H and O–H groups in total. The number of carbonyl (C=O) groups is 2. The van der Waals surface area contributed by atoms with Crippen LogP contribution in [0.15, 0.2) is 18.2 Å². The first kappa shape index (κ1) is 19.0. The lowest BCUT2D eigenvalue weighted by Gasteiger charge is -2.35. The summed E-state index contributed by atoms with van der Waals surface area (Å²) in [6.45, 7) is 7.58. The summed E-state index contributed by atoms with van der Waals surface area (Å²) in [5.74, 6) is 0.981. The van der Waals surface area contributed by atoms with E-state index in [0.717, 1.165) is 13.1 Å². The van der Waals surface area contributed by atoms with E-state index in [1.54, 1.807) is 12.1 Å². The first-order chi connectivity index (χ1) is 13.2. The third-order valence-corrected chi connectivity index (χ3v) is 6.07. The van der Waals surface area contributed by atoms with Crippen molar-refractivity contribution in [2.45, 2.75) is 38.8 Å². The van der Waals surface area contributed by atoms with Gasteiger partial charge in [-0.15, -0.1) is 0 Å². The number of nitrogens with one attached hydrogen (secondary N) is 1. The third kappa shape index (κ3) is 3.19. The Morgan fingerprint density at radius 1 is 1.36 bits per heavy atom. The number of halogens is 1. The van der Waals surface area contributed by atoms with Gasteiger partial charge in [-0.2, -0.15) is 0 Å². The van der Waals surface area contributed by atoms with Crippen LogP contribution in [0.5, 0.6) is 0 Å². The van der Waals surface area contributed by atoms with Gasteiger partial charge in [0.05, 0.1) is 11.7 Å². The van der Waals surface area contributed by atoms with Gasteiger partial charge in [-0.05, 0) is 54.0 Å². The molecule has 5 atom stereocenters. The van der Waals surface area contributed by atoms with Crippen LogP contribution in [-0.4, -0.2) is 44.0 Å². The average molecular weight is 391 g/mol. The van der Waals surface area contributed by atoms with Gasteiger partial charge in [-0.25, -0.2) is 14.0 Å². The number of ether oxygens (including phenoxy) is 2. The lowest BCUT2D eigenvalue weighted by molar-refractivity contribution is 0.0504. The van der Waals surface area contributed by atoms with E-state index < -0.39 is 29.7 Å². The highest BCUT2D eigenvalue weighted by Gasteiger charge is 2.54. The van der Waals surface area contributed by atoms with Crippen LogP contribution in [0.25, 0.3) is 0 Å². The fraction of sp³-hybridized carbons (Fsp3) is 0.600. The maximum atomic E-state index is 14.9. The molecule has 7 nitrogen and oxygen atoms in total. The molecule has 1 aromatic carbocycles. The molecule has 3 fully saturated rings. The molecule has 2 saturated heterocycles. The Bertz CT molecular complexity index is 799. The maximum absolute atomic E-state index is 14.9. The molecule has 0 bridgehead atoms. The first-order valence-electron chi connectivity index (χ1n) is 9.60. The average Bonchev–Trinajstić information content (AvgIpc) is 2.92. The van der Waals surface area contributed by atoms with Crippen molar-refractivity contribution in [3.63, 3.8) is 0 Å². The second-order valence-corrected chi connectivity index (χ2v) is 8.95. The minimum Gasteiger partial charge on any atom is -0.446 e. The summed E-state index contributed by atoms with van der Waals surface area (Å²) in [5, 5.41) is 3.31. The molecular formula is C20H26FN3O4. The quantitative estimate of drug-likeness (QED) is 0.823. The zero-order chi connectivity index (χ0) is 20.2. The van der Waals surface area contributed by atoms with Crippen LogP contribution in [0.2, 0.25) is 0 Å². The lowest BCUT2D eigenvalue weighted by atomic mass is 9.82. The second-order valence-electron chi connectivity index (χ2n) is 8.95. The molecule has 3 aliphatic rings. The number of nitrogens with two attached hydrogens (primary N) is 1. The number of amides is 2. The van der Waals surface area contributed by atoms with Crippen molar-refractivity contribution in [3.05, 3.63) is 29.6 Å². The highest BCUT2D eigenvalue weighted by Crippen LogP contribution is 2.56. The number of benzene rings is 1. The molecule has 0 radical (unpaired) electrons. The van der Waals surface area contributed by atoms with Gasteiger partial charge in [0.15, 0.2) is 6.10 Å². The van der Waals surface area contributed by atoms with Gasteiger partial charge in [0, 0.05) is 0 Å². The van der Waals surface area contributed by atoms with Crippen LogP contribution in [0, 0.1) is 23.1 Å². The van der Waals surface area contributed by atoms with Gasteiger partial charge >= 0.3 is 12.2 Å².